The van der Waals surface area contributed by atoms with E-state index in [4.69, 9.17) is 18.9 Å². The number of fused-ring (bicyclic) bond motifs is 7. The summed E-state index contributed by atoms with van der Waals surface area (Å²) >= 11 is 0. The zero-order valence-corrected chi connectivity index (χ0v) is 18.6. The molecule has 8 nitrogen and oxygen atoms in total. The van der Waals surface area contributed by atoms with Crippen LogP contribution in [0.2, 0.25) is 0 Å². The number of benzene rings is 2. The average Bonchev–Trinajstić information content (AvgIpc) is 2.84. The standard InChI is InChI=1S/C24H26N2O6/c1-29-17-9-13-5-7-25-21(15(13)11-19(17)31-3)22-16-12-20(32-4)18(30-2)10-14(16)6-8-26(22)24(28)23(25)27/h9-12,21-22H,5-8H2,1-4H3/t21-,22+. The average molecular weight is 438 g/mol. The van der Waals surface area contributed by atoms with Crippen molar-refractivity contribution in [3.63, 3.8) is 0 Å². The molecule has 0 radical (unpaired) electrons. The molecule has 0 unspecified atom stereocenters. The Bertz CT molecular complexity index is 1030. The Balaban J connectivity index is 1.72. The lowest BCUT2D eigenvalue weighted by Crippen LogP contribution is -2.60. The molecule has 0 saturated carbocycles. The second-order valence-corrected chi connectivity index (χ2v) is 8.20. The maximum Gasteiger partial charge on any atom is 0.312 e. The van der Waals surface area contributed by atoms with Gasteiger partial charge in [0.15, 0.2) is 23.0 Å². The molecule has 0 spiro atoms. The van der Waals surface area contributed by atoms with Gasteiger partial charge < -0.3 is 28.7 Å². The Morgan fingerprint density at radius 1 is 0.625 bits per heavy atom. The van der Waals surface area contributed by atoms with Gasteiger partial charge in [-0.1, -0.05) is 0 Å². The molecular formula is C24H26N2O6. The summed E-state index contributed by atoms with van der Waals surface area (Å²) in [6.45, 7) is 0.954. The Kier molecular flexibility index (Phi) is 4.87. The van der Waals surface area contributed by atoms with Crippen molar-refractivity contribution in [3.8, 4) is 23.0 Å². The summed E-state index contributed by atoms with van der Waals surface area (Å²) < 4.78 is 22.1. The van der Waals surface area contributed by atoms with Crippen molar-refractivity contribution in [1.29, 1.82) is 0 Å². The van der Waals surface area contributed by atoms with Gasteiger partial charge >= 0.3 is 11.8 Å². The highest BCUT2D eigenvalue weighted by atomic mass is 16.5. The van der Waals surface area contributed by atoms with E-state index >= 15 is 0 Å². The molecule has 2 amide bonds. The number of rotatable bonds is 4. The highest BCUT2D eigenvalue weighted by molar-refractivity contribution is 6.35. The number of hydrogen-bond acceptors (Lipinski definition) is 6. The largest absolute Gasteiger partial charge is 0.493 e. The molecule has 3 aliphatic rings. The van der Waals surface area contributed by atoms with Crippen LogP contribution in [0.4, 0.5) is 0 Å². The molecule has 3 heterocycles. The molecule has 2 aromatic rings. The van der Waals surface area contributed by atoms with Gasteiger partial charge in [0, 0.05) is 13.1 Å². The van der Waals surface area contributed by atoms with E-state index < -0.39 is 11.8 Å². The number of hydrogen-bond donors (Lipinski definition) is 0. The number of amides is 2. The molecule has 0 bridgehead atoms. The highest BCUT2D eigenvalue weighted by Gasteiger charge is 2.51. The summed E-state index contributed by atoms with van der Waals surface area (Å²) in [5.74, 6) is 1.63. The van der Waals surface area contributed by atoms with Crippen LogP contribution in [-0.4, -0.2) is 63.1 Å². The van der Waals surface area contributed by atoms with Crippen LogP contribution in [0.5, 0.6) is 23.0 Å². The summed E-state index contributed by atoms with van der Waals surface area (Å²) in [7, 11) is 6.42. The van der Waals surface area contributed by atoms with Crippen LogP contribution in [0.25, 0.3) is 0 Å². The number of carbonyl (C=O) groups excluding carboxylic acids is 2. The summed E-state index contributed by atoms with van der Waals surface area (Å²) in [6, 6.07) is 7.22. The number of nitrogens with zero attached hydrogens (tertiary/aromatic N) is 2. The molecule has 8 heteroatoms. The van der Waals surface area contributed by atoms with E-state index in [1.807, 2.05) is 24.3 Å². The van der Waals surface area contributed by atoms with Crippen LogP contribution in [0.1, 0.15) is 34.3 Å². The first kappa shape index (κ1) is 20.5. The van der Waals surface area contributed by atoms with E-state index in [0.29, 0.717) is 48.9 Å². The third-order valence-corrected chi connectivity index (χ3v) is 6.85. The van der Waals surface area contributed by atoms with Crippen LogP contribution in [0.3, 0.4) is 0 Å². The number of methoxy groups -OCH3 is 4. The lowest BCUT2D eigenvalue weighted by molar-refractivity contribution is -0.164. The van der Waals surface area contributed by atoms with E-state index in [1.165, 1.54) is 0 Å². The first-order valence-corrected chi connectivity index (χ1v) is 10.6. The maximum atomic E-state index is 13.1. The predicted molar refractivity (Wildman–Crippen MR) is 115 cm³/mol. The first-order chi connectivity index (χ1) is 15.5. The Morgan fingerprint density at radius 2 is 0.969 bits per heavy atom. The highest BCUT2D eigenvalue weighted by Crippen LogP contribution is 2.51. The van der Waals surface area contributed by atoms with Gasteiger partial charge in [0.2, 0.25) is 0 Å². The molecule has 1 saturated heterocycles. The summed E-state index contributed by atoms with van der Waals surface area (Å²) in [4.78, 5) is 29.6. The lowest BCUT2D eigenvalue weighted by Gasteiger charge is -2.51. The Morgan fingerprint density at radius 3 is 1.31 bits per heavy atom. The SMILES string of the molecule is COc1cc2c(cc1OC)[C@@H]1[C@@H]3c4cc(OC)c(OC)cc4CCN3C(=O)C(=O)N1CC2. The van der Waals surface area contributed by atoms with Crippen molar-refractivity contribution in [1.82, 2.24) is 9.80 Å². The minimum absolute atomic E-state index is 0.319. The Hall–Kier alpha value is -3.42. The number of piperazine rings is 1. The van der Waals surface area contributed by atoms with Crippen molar-refractivity contribution in [3.05, 3.63) is 46.5 Å². The van der Waals surface area contributed by atoms with Gasteiger partial charge in [-0.25, -0.2) is 0 Å². The van der Waals surface area contributed by atoms with Gasteiger partial charge in [-0.15, -0.1) is 0 Å². The zero-order chi connectivity index (χ0) is 22.6. The minimum atomic E-state index is -0.449. The minimum Gasteiger partial charge on any atom is -0.493 e. The van der Waals surface area contributed by atoms with Crippen LogP contribution in [-0.2, 0) is 22.4 Å². The molecule has 0 aliphatic carbocycles. The molecule has 2 aromatic carbocycles. The number of ether oxygens (including phenoxy) is 4. The molecule has 32 heavy (non-hydrogen) atoms. The molecule has 168 valence electrons. The molecular weight excluding hydrogens is 412 g/mol. The van der Waals surface area contributed by atoms with E-state index in [9.17, 15) is 9.59 Å². The molecule has 5 rings (SSSR count). The van der Waals surface area contributed by atoms with Gasteiger partial charge in [-0.3, -0.25) is 9.59 Å². The second-order valence-electron chi connectivity index (χ2n) is 8.20. The summed E-state index contributed by atoms with van der Waals surface area (Å²) in [5.41, 5.74) is 4.15. The molecule has 2 atom stereocenters. The fraction of sp³-hybridized carbons (Fsp3) is 0.417. The van der Waals surface area contributed by atoms with E-state index in [2.05, 4.69) is 0 Å². The van der Waals surface area contributed by atoms with Crippen molar-refractivity contribution in [2.75, 3.05) is 41.5 Å². The number of carbonyl (C=O) groups is 2. The fourth-order valence-corrected chi connectivity index (χ4v) is 5.34. The summed E-state index contributed by atoms with van der Waals surface area (Å²) in [5, 5.41) is 0. The monoisotopic (exact) mass is 438 g/mol. The second kappa shape index (κ2) is 7.62. The van der Waals surface area contributed by atoms with Crippen LogP contribution < -0.4 is 18.9 Å². The van der Waals surface area contributed by atoms with Crippen molar-refractivity contribution < 1.29 is 28.5 Å². The fourth-order valence-electron chi connectivity index (χ4n) is 5.34. The van der Waals surface area contributed by atoms with Gasteiger partial charge in [0.05, 0.1) is 40.5 Å². The van der Waals surface area contributed by atoms with E-state index in [-0.39, 0.29) is 12.1 Å². The Labute approximate surface area is 186 Å². The smallest absolute Gasteiger partial charge is 0.312 e. The van der Waals surface area contributed by atoms with E-state index in [0.717, 1.165) is 22.3 Å². The van der Waals surface area contributed by atoms with Gasteiger partial charge in [0.1, 0.15) is 0 Å². The van der Waals surface area contributed by atoms with Gasteiger partial charge in [0.25, 0.3) is 0 Å². The topological polar surface area (TPSA) is 77.5 Å². The molecule has 1 fully saturated rings. The van der Waals surface area contributed by atoms with Crippen molar-refractivity contribution in [2.45, 2.75) is 24.9 Å². The predicted octanol–water partition coefficient (Wildman–Crippen LogP) is 2.29. The molecule has 0 N–H and O–H groups in total. The van der Waals surface area contributed by atoms with Crippen LogP contribution in [0, 0.1) is 0 Å². The molecule has 0 aromatic heterocycles. The van der Waals surface area contributed by atoms with Crippen LogP contribution >= 0.6 is 0 Å². The normalized spacial score (nSPS) is 21.2. The quantitative estimate of drug-likeness (QED) is 0.682. The third kappa shape index (κ3) is 2.82. The summed E-state index contributed by atoms with van der Waals surface area (Å²) in [6.07, 6.45) is 1.30. The van der Waals surface area contributed by atoms with Crippen molar-refractivity contribution >= 4 is 11.8 Å². The van der Waals surface area contributed by atoms with Gasteiger partial charge in [-0.2, -0.15) is 0 Å². The third-order valence-electron chi connectivity index (χ3n) is 6.85. The lowest BCUT2D eigenvalue weighted by atomic mass is 9.78. The van der Waals surface area contributed by atoms with Crippen molar-refractivity contribution in [2.24, 2.45) is 0 Å². The first-order valence-electron chi connectivity index (χ1n) is 10.6. The van der Waals surface area contributed by atoms with E-state index in [1.54, 1.807) is 38.2 Å². The molecule has 3 aliphatic heterocycles. The maximum absolute atomic E-state index is 13.1. The zero-order valence-electron chi connectivity index (χ0n) is 18.6. The van der Waals surface area contributed by atoms with Gasteiger partial charge in [-0.05, 0) is 59.4 Å². The van der Waals surface area contributed by atoms with Crippen LogP contribution in [0.15, 0.2) is 24.3 Å².